The maximum atomic E-state index is 11.1. The number of amides is 1. The van der Waals surface area contributed by atoms with Crippen LogP contribution in [0.25, 0.3) is 0 Å². The summed E-state index contributed by atoms with van der Waals surface area (Å²) in [5.41, 5.74) is 5.36. The molecule has 0 aliphatic carbocycles. The highest BCUT2D eigenvalue weighted by atomic mass is 16.5. The van der Waals surface area contributed by atoms with Crippen LogP contribution in [0.15, 0.2) is 0 Å². The van der Waals surface area contributed by atoms with Crippen LogP contribution in [0.1, 0.15) is 19.8 Å². The van der Waals surface area contributed by atoms with Crippen LogP contribution in [-0.2, 0) is 14.3 Å². The molecule has 0 spiro atoms. The molecule has 1 rings (SSSR count). The van der Waals surface area contributed by atoms with Crippen LogP contribution in [-0.4, -0.2) is 30.6 Å². The number of carbonyl (C=O) groups is 2. The zero-order chi connectivity index (χ0) is 9.84. The van der Waals surface area contributed by atoms with E-state index < -0.39 is 18.1 Å². The number of rotatable bonds is 4. The van der Waals surface area contributed by atoms with Gasteiger partial charge in [-0.2, -0.15) is 0 Å². The molecule has 0 radical (unpaired) electrons. The predicted octanol–water partition coefficient (Wildman–Crippen LogP) is -0.845. The normalized spacial score (nSPS) is 26.2. The molecule has 0 bridgehead atoms. The third kappa shape index (κ3) is 2.18. The molecule has 0 aromatic heterocycles. The van der Waals surface area contributed by atoms with Crippen molar-refractivity contribution in [3.8, 4) is 0 Å². The zero-order valence-corrected chi connectivity index (χ0v) is 7.58. The average Bonchev–Trinajstić information content (AvgIpc) is 2.13. The Bertz CT molecular complexity index is 217. The van der Waals surface area contributed by atoms with Gasteiger partial charge in [-0.1, -0.05) is 13.3 Å². The van der Waals surface area contributed by atoms with Crippen molar-refractivity contribution in [2.75, 3.05) is 6.61 Å². The highest BCUT2D eigenvalue weighted by Gasteiger charge is 2.42. The van der Waals surface area contributed by atoms with E-state index >= 15 is 0 Å². The van der Waals surface area contributed by atoms with Crippen molar-refractivity contribution >= 4 is 11.9 Å². The summed E-state index contributed by atoms with van der Waals surface area (Å²) in [6, 6.07) is -1.36. The molecule has 74 valence electrons. The van der Waals surface area contributed by atoms with E-state index in [-0.39, 0.29) is 5.91 Å². The summed E-state index contributed by atoms with van der Waals surface area (Å²) < 4.78 is 4.87. The summed E-state index contributed by atoms with van der Waals surface area (Å²) in [6.45, 7) is 2.40. The Balaban J connectivity index is 2.21. The Morgan fingerprint density at radius 1 is 1.69 bits per heavy atom. The van der Waals surface area contributed by atoms with E-state index in [4.69, 9.17) is 10.5 Å². The molecule has 3 N–H and O–H groups in total. The SMILES string of the molecule is CCCCOC(=O)[C@H]1NC(=O)[C@H]1N. The smallest absolute Gasteiger partial charge is 0.330 e. The fourth-order valence-corrected chi connectivity index (χ4v) is 1.01. The number of unbranched alkanes of at least 4 members (excludes halogenated alkanes) is 1. The van der Waals surface area contributed by atoms with Crippen LogP contribution in [0.3, 0.4) is 0 Å². The fraction of sp³-hybridized carbons (Fsp3) is 0.750. The molecule has 1 amide bonds. The Morgan fingerprint density at radius 2 is 2.38 bits per heavy atom. The number of carbonyl (C=O) groups excluding carboxylic acids is 2. The molecule has 13 heavy (non-hydrogen) atoms. The summed E-state index contributed by atoms with van der Waals surface area (Å²) in [5.74, 6) is -0.724. The van der Waals surface area contributed by atoms with Crippen molar-refractivity contribution in [2.45, 2.75) is 31.8 Å². The van der Waals surface area contributed by atoms with Crippen molar-refractivity contribution in [2.24, 2.45) is 5.73 Å². The van der Waals surface area contributed by atoms with E-state index in [9.17, 15) is 9.59 Å². The van der Waals surface area contributed by atoms with E-state index in [1.54, 1.807) is 0 Å². The molecule has 1 heterocycles. The molecule has 0 aromatic rings. The molecule has 5 heteroatoms. The summed E-state index contributed by atoms with van der Waals surface area (Å²) in [7, 11) is 0. The average molecular weight is 186 g/mol. The summed E-state index contributed by atoms with van der Waals surface area (Å²) in [6.07, 6.45) is 1.80. The fourth-order valence-electron chi connectivity index (χ4n) is 1.01. The molecule has 1 aliphatic rings. The van der Waals surface area contributed by atoms with Gasteiger partial charge in [0.1, 0.15) is 6.04 Å². The molecule has 1 saturated heterocycles. The molecule has 1 fully saturated rings. The largest absolute Gasteiger partial charge is 0.464 e. The van der Waals surface area contributed by atoms with Crippen LogP contribution in [0.2, 0.25) is 0 Å². The van der Waals surface area contributed by atoms with Gasteiger partial charge in [0.15, 0.2) is 6.04 Å². The maximum Gasteiger partial charge on any atom is 0.330 e. The second-order valence-electron chi connectivity index (χ2n) is 3.03. The van der Waals surface area contributed by atoms with Crippen LogP contribution in [0.4, 0.5) is 0 Å². The van der Waals surface area contributed by atoms with E-state index in [1.807, 2.05) is 6.92 Å². The van der Waals surface area contributed by atoms with Crippen LogP contribution < -0.4 is 11.1 Å². The summed E-state index contributed by atoms with van der Waals surface area (Å²) in [5, 5.41) is 2.38. The molecular weight excluding hydrogens is 172 g/mol. The minimum absolute atomic E-state index is 0.294. The third-order valence-corrected chi connectivity index (χ3v) is 1.96. The summed E-state index contributed by atoms with van der Waals surface area (Å²) >= 11 is 0. The lowest BCUT2D eigenvalue weighted by molar-refractivity contribution is -0.154. The van der Waals surface area contributed by atoms with Gasteiger partial charge in [0.2, 0.25) is 5.91 Å². The molecule has 1 aliphatic heterocycles. The first-order chi connectivity index (χ1) is 6.16. The Morgan fingerprint density at radius 3 is 2.85 bits per heavy atom. The Labute approximate surface area is 76.6 Å². The van der Waals surface area contributed by atoms with Crippen LogP contribution in [0, 0.1) is 0 Å². The van der Waals surface area contributed by atoms with Crippen LogP contribution in [0.5, 0.6) is 0 Å². The minimum Gasteiger partial charge on any atom is -0.464 e. The second-order valence-corrected chi connectivity index (χ2v) is 3.03. The van der Waals surface area contributed by atoms with Crippen molar-refractivity contribution < 1.29 is 14.3 Å². The highest BCUT2D eigenvalue weighted by Crippen LogP contribution is 2.05. The molecule has 0 aromatic carbocycles. The molecule has 0 unspecified atom stereocenters. The quantitative estimate of drug-likeness (QED) is 0.340. The van der Waals surface area contributed by atoms with Crippen molar-refractivity contribution in [3.05, 3.63) is 0 Å². The number of ether oxygens (including phenoxy) is 1. The van der Waals surface area contributed by atoms with Gasteiger partial charge in [0.05, 0.1) is 6.61 Å². The van der Waals surface area contributed by atoms with Gasteiger partial charge in [-0.3, -0.25) is 4.79 Å². The van der Waals surface area contributed by atoms with Crippen molar-refractivity contribution in [1.82, 2.24) is 5.32 Å². The van der Waals surface area contributed by atoms with Gasteiger partial charge in [0, 0.05) is 0 Å². The van der Waals surface area contributed by atoms with Gasteiger partial charge in [-0.05, 0) is 6.42 Å². The highest BCUT2D eigenvalue weighted by molar-refractivity contribution is 5.99. The number of β-lactam (4-membered cyclic amide) rings is 1. The van der Waals surface area contributed by atoms with Gasteiger partial charge in [0.25, 0.3) is 0 Å². The predicted molar refractivity (Wildman–Crippen MR) is 45.8 cm³/mol. The Kier molecular flexibility index (Phi) is 3.25. The monoisotopic (exact) mass is 186 g/mol. The first-order valence-corrected chi connectivity index (χ1v) is 4.39. The van der Waals surface area contributed by atoms with E-state index in [0.717, 1.165) is 12.8 Å². The van der Waals surface area contributed by atoms with E-state index in [0.29, 0.717) is 6.61 Å². The molecular formula is C8H14N2O3. The minimum atomic E-state index is -0.728. The second kappa shape index (κ2) is 4.23. The molecule has 5 nitrogen and oxygen atoms in total. The topological polar surface area (TPSA) is 81.4 Å². The molecule has 2 atom stereocenters. The van der Waals surface area contributed by atoms with Gasteiger partial charge in [-0.25, -0.2) is 4.79 Å². The summed E-state index contributed by atoms with van der Waals surface area (Å²) in [4.78, 5) is 21.8. The number of nitrogens with one attached hydrogen (secondary N) is 1. The number of nitrogens with two attached hydrogens (primary N) is 1. The van der Waals surface area contributed by atoms with Crippen molar-refractivity contribution in [3.63, 3.8) is 0 Å². The lowest BCUT2D eigenvalue weighted by atomic mass is 10.0. The first-order valence-electron chi connectivity index (χ1n) is 4.39. The number of esters is 1. The first kappa shape index (κ1) is 9.98. The third-order valence-electron chi connectivity index (χ3n) is 1.96. The number of hydrogen-bond donors (Lipinski definition) is 2. The number of hydrogen-bond acceptors (Lipinski definition) is 4. The van der Waals surface area contributed by atoms with Gasteiger partial charge >= 0.3 is 5.97 Å². The van der Waals surface area contributed by atoms with Crippen molar-refractivity contribution in [1.29, 1.82) is 0 Å². The lowest BCUT2D eigenvalue weighted by Crippen LogP contribution is -2.70. The Hall–Kier alpha value is -1.10. The van der Waals surface area contributed by atoms with E-state index in [2.05, 4.69) is 5.32 Å². The van der Waals surface area contributed by atoms with Gasteiger partial charge in [-0.15, -0.1) is 0 Å². The lowest BCUT2D eigenvalue weighted by Gasteiger charge is -2.31. The standard InChI is InChI=1S/C8H14N2O3/c1-2-3-4-13-8(12)6-5(9)7(11)10-6/h5-6H,2-4,9H2,1H3,(H,10,11)/t5-,6-/m0/s1. The van der Waals surface area contributed by atoms with E-state index in [1.165, 1.54) is 0 Å². The zero-order valence-electron chi connectivity index (χ0n) is 7.58. The maximum absolute atomic E-state index is 11.1. The molecule has 0 saturated carbocycles. The van der Waals surface area contributed by atoms with Crippen LogP contribution >= 0.6 is 0 Å². The van der Waals surface area contributed by atoms with Gasteiger partial charge < -0.3 is 15.8 Å².